The predicted molar refractivity (Wildman–Crippen MR) is 56.0 cm³/mol. The van der Waals surface area contributed by atoms with Gasteiger partial charge in [0.1, 0.15) is 0 Å². The topological polar surface area (TPSA) is 83.6 Å². The molecule has 0 aliphatic heterocycles. The molecule has 0 aromatic carbocycles. The highest BCUT2D eigenvalue weighted by Gasteiger charge is 2.36. The molecule has 0 heterocycles. The molecule has 0 spiro atoms. The Morgan fingerprint density at radius 1 is 1.50 bits per heavy atom. The van der Waals surface area contributed by atoms with Crippen LogP contribution in [-0.4, -0.2) is 22.0 Å². The zero-order valence-electron chi connectivity index (χ0n) is 8.59. The Kier molecular flexibility index (Phi) is 4.14. The van der Waals surface area contributed by atoms with Crippen LogP contribution in [0.4, 0.5) is 0 Å². The lowest BCUT2D eigenvalue weighted by molar-refractivity contribution is 0.250. The summed E-state index contributed by atoms with van der Waals surface area (Å²) in [6.07, 6.45) is 4.07. The molecule has 1 rings (SSSR count). The summed E-state index contributed by atoms with van der Waals surface area (Å²) >= 11 is 0. The van der Waals surface area contributed by atoms with E-state index >= 15 is 0 Å². The van der Waals surface area contributed by atoms with E-state index in [9.17, 15) is 4.57 Å². The fourth-order valence-electron chi connectivity index (χ4n) is 2.43. The van der Waals surface area contributed by atoms with Gasteiger partial charge in [0, 0.05) is 6.54 Å². The number of rotatable bonds is 3. The molecular weight excluding hydrogens is 201 g/mol. The van der Waals surface area contributed by atoms with Crippen LogP contribution in [0.3, 0.4) is 0 Å². The zero-order chi connectivity index (χ0) is 10.8. The maximum atomic E-state index is 11.2. The summed E-state index contributed by atoms with van der Waals surface area (Å²) in [6.45, 7) is 2.24. The molecule has 0 aromatic heterocycles. The van der Waals surface area contributed by atoms with Crippen molar-refractivity contribution in [2.45, 2.75) is 38.3 Å². The van der Waals surface area contributed by atoms with E-state index in [4.69, 9.17) is 15.5 Å². The Bertz CT molecular complexity index is 228. The number of hydrogen-bond donors (Lipinski definition) is 3. The summed E-state index contributed by atoms with van der Waals surface area (Å²) in [4.78, 5) is 18.3. The van der Waals surface area contributed by atoms with Crippen LogP contribution in [0.15, 0.2) is 0 Å². The lowest BCUT2D eigenvalue weighted by Gasteiger charge is -2.32. The standard InChI is InChI=1S/C9H20NO3P/c1-7-3-2-4-8(5-7)9(6-10)14(11,12)13/h7-9H,2-6,10H2,1H3,(H2,11,12,13). The normalized spacial score (nSPS) is 31.4. The second-order valence-corrected chi connectivity index (χ2v) is 6.27. The van der Waals surface area contributed by atoms with Gasteiger partial charge in [0.05, 0.1) is 5.66 Å². The molecule has 84 valence electrons. The molecule has 3 unspecified atom stereocenters. The van der Waals surface area contributed by atoms with Crippen molar-refractivity contribution in [3.8, 4) is 0 Å². The molecule has 0 radical (unpaired) electrons. The molecule has 0 saturated heterocycles. The van der Waals surface area contributed by atoms with E-state index in [0.29, 0.717) is 5.92 Å². The van der Waals surface area contributed by atoms with E-state index < -0.39 is 13.3 Å². The maximum Gasteiger partial charge on any atom is 0.330 e. The Balaban J connectivity index is 2.64. The average molecular weight is 221 g/mol. The fraction of sp³-hybridized carbons (Fsp3) is 1.00. The molecule has 0 bridgehead atoms. The zero-order valence-corrected chi connectivity index (χ0v) is 9.49. The molecule has 4 nitrogen and oxygen atoms in total. The summed E-state index contributed by atoms with van der Waals surface area (Å²) in [6, 6.07) is 0. The van der Waals surface area contributed by atoms with Crippen molar-refractivity contribution < 1.29 is 14.4 Å². The van der Waals surface area contributed by atoms with Gasteiger partial charge in [-0.1, -0.05) is 19.8 Å². The molecule has 5 heteroatoms. The minimum Gasteiger partial charge on any atom is -0.330 e. The van der Waals surface area contributed by atoms with E-state index in [2.05, 4.69) is 6.92 Å². The van der Waals surface area contributed by atoms with E-state index in [1.165, 1.54) is 6.42 Å². The summed E-state index contributed by atoms with van der Waals surface area (Å²) in [7, 11) is -4.00. The van der Waals surface area contributed by atoms with Crippen molar-refractivity contribution in [2.24, 2.45) is 17.6 Å². The quantitative estimate of drug-likeness (QED) is 0.627. The summed E-state index contributed by atoms with van der Waals surface area (Å²) in [5.74, 6) is 0.693. The summed E-state index contributed by atoms with van der Waals surface area (Å²) < 4.78 is 11.2. The third-order valence-corrected chi connectivity index (χ3v) is 4.69. The van der Waals surface area contributed by atoms with E-state index in [1.54, 1.807) is 0 Å². The average Bonchev–Trinajstić information content (AvgIpc) is 2.02. The van der Waals surface area contributed by atoms with Crippen molar-refractivity contribution in [3.05, 3.63) is 0 Å². The van der Waals surface area contributed by atoms with Crippen LogP contribution in [0.1, 0.15) is 32.6 Å². The Morgan fingerprint density at radius 2 is 2.14 bits per heavy atom. The SMILES string of the molecule is CC1CCCC(C(CN)P(=O)(O)O)C1. The van der Waals surface area contributed by atoms with Gasteiger partial charge >= 0.3 is 7.60 Å². The molecule has 14 heavy (non-hydrogen) atoms. The van der Waals surface area contributed by atoms with Gasteiger partial charge in [-0.05, 0) is 24.7 Å². The fourth-order valence-corrected chi connectivity index (χ4v) is 3.53. The van der Waals surface area contributed by atoms with Crippen LogP contribution in [0.2, 0.25) is 0 Å². The van der Waals surface area contributed by atoms with Gasteiger partial charge in [0.25, 0.3) is 0 Å². The third kappa shape index (κ3) is 3.06. The monoisotopic (exact) mass is 221 g/mol. The largest absolute Gasteiger partial charge is 0.330 e. The van der Waals surface area contributed by atoms with Gasteiger partial charge in [0.15, 0.2) is 0 Å². The van der Waals surface area contributed by atoms with Crippen molar-refractivity contribution in [2.75, 3.05) is 6.54 Å². The smallest absolute Gasteiger partial charge is 0.330 e. The van der Waals surface area contributed by atoms with E-state index in [1.807, 2.05) is 0 Å². The first-order valence-corrected chi connectivity index (χ1v) is 6.88. The molecule has 3 atom stereocenters. The minimum atomic E-state index is -4.00. The molecule has 1 saturated carbocycles. The van der Waals surface area contributed by atoms with Crippen LogP contribution in [-0.2, 0) is 4.57 Å². The van der Waals surface area contributed by atoms with Crippen LogP contribution < -0.4 is 5.73 Å². The van der Waals surface area contributed by atoms with Gasteiger partial charge in [-0.2, -0.15) is 0 Å². The summed E-state index contributed by atoms with van der Waals surface area (Å²) in [5.41, 5.74) is 4.82. The highest BCUT2D eigenvalue weighted by Crippen LogP contribution is 2.48. The first-order chi connectivity index (χ1) is 6.45. The first kappa shape index (κ1) is 12.2. The van der Waals surface area contributed by atoms with Gasteiger partial charge in [0.2, 0.25) is 0 Å². The van der Waals surface area contributed by atoms with Gasteiger partial charge < -0.3 is 15.5 Å². The second-order valence-electron chi connectivity index (χ2n) is 4.42. The highest BCUT2D eigenvalue weighted by molar-refractivity contribution is 7.52. The molecule has 1 aliphatic rings. The first-order valence-electron chi connectivity index (χ1n) is 5.20. The molecule has 4 N–H and O–H groups in total. The Hall–Kier alpha value is 0.110. The molecular formula is C9H20NO3P. The number of hydrogen-bond acceptors (Lipinski definition) is 2. The van der Waals surface area contributed by atoms with Crippen LogP contribution in [0.25, 0.3) is 0 Å². The Labute approximate surface area is 85.0 Å². The van der Waals surface area contributed by atoms with Gasteiger partial charge in [-0.3, -0.25) is 4.57 Å². The second kappa shape index (κ2) is 4.75. The predicted octanol–water partition coefficient (Wildman–Crippen LogP) is 1.32. The molecule has 0 aromatic rings. The number of nitrogens with two attached hydrogens (primary N) is 1. The summed E-state index contributed by atoms with van der Waals surface area (Å²) in [5, 5.41) is 0. The van der Waals surface area contributed by atoms with Gasteiger partial charge in [-0.25, -0.2) is 0 Å². The maximum absolute atomic E-state index is 11.2. The lowest BCUT2D eigenvalue weighted by atomic mass is 9.80. The molecule has 1 fully saturated rings. The van der Waals surface area contributed by atoms with Crippen molar-refractivity contribution in [1.82, 2.24) is 0 Å². The van der Waals surface area contributed by atoms with Crippen molar-refractivity contribution in [3.63, 3.8) is 0 Å². The van der Waals surface area contributed by atoms with E-state index in [0.717, 1.165) is 19.3 Å². The van der Waals surface area contributed by atoms with Crippen LogP contribution in [0.5, 0.6) is 0 Å². The van der Waals surface area contributed by atoms with Crippen molar-refractivity contribution in [1.29, 1.82) is 0 Å². The minimum absolute atomic E-state index is 0.0989. The lowest BCUT2D eigenvalue weighted by Crippen LogP contribution is -2.32. The third-order valence-electron chi connectivity index (χ3n) is 3.19. The van der Waals surface area contributed by atoms with Crippen LogP contribution in [0, 0.1) is 11.8 Å². The van der Waals surface area contributed by atoms with E-state index in [-0.39, 0.29) is 12.5 Å². The Morgan fingerprint density at radius 3 is 2.57 bits per heavy atom. The van der Waals surface area contributed by atoms with Gasteiger partial charge in [-0.15, -0.1) is 0 Å². The highest BCUT2D eigenvalue weighted by atomic mass is 31.2. The molecule has 1 aliphatic carbocycles. The van der Waals surface area contributed by atoms with Crippen molar-refractivity contribution >= 4 is 7.60 Å². The van der Waals surface area contributed by atoms with Crippen LogP contribution >= 0.6 is 7.60 Å². The molecule has 0 amide bonds.